The Labute approximate surface area is 187 Å². The van der Waals surface area contributed by atoms with E-state index < -0.39 is 17.2 Å². The molecule has 2 aromatic heterocycles. The Kier molecular flexibility index (Phi) is 5.70. The van der Waals surface area contributed by atoms with E-state index in [-0.39, 0.29) is 5.56 Å². The van der Waals surface area contributed by atoms with Crippen molar-refractivity contribution in [3.8, 4) is 0 Å². The standard InChI is InChI=1S/C22H22N6O3S/c1-12-9-10-16(13(2)11-12)23-20(31)24-18(29)14(3)32-22-26-25-21-27(4)19(30)15-7-5-6-8-17(15)28(21)22/h5-11,14H,1-4H3,(H2,23,24,29,31). The summed E-state index contributed by atoms with van der Waals surface area (Å²) < 4.78 is 3.16. The summed E-state index contributed by atoms with van der Waals surface area (Å²) in [5, 5.41) is 13.7. The lowest BCUT2D eigenvalue weighted by Gasteiger charge is -2.13. The van der Waals surface area contributed by atoms with Gasteiger partial charge in [-0.05, 0) is 44.5 Å². The molecule has 0 saturated heterocycles. The number of anilines is 1. The topological polar surface area (TPSA) is 110 Å². The van der Waals surface area contributed by atoms with Gasteiger partial charge in [0.15, 0.2) is 5.16 Å². The van der Waals surface area contributed by atoms with Crippen LogP contribution in [-0.2, 0) is 11.8 Å². The molecule has 0 aliphatic carbocycles. The van der Waals surface area contributed by atoms with Crippen molar-refractivity contribution in [2.75, 3.05) is 5.32 Å². The third-order valence-electron chi connectivity index (χ3n) is 5.11. The highest BCUT2D eigenvalue weighted by molar-refractivity contribution is 8.00. The minimum Gasteiger partial charge on any atom is -0.307 e. The largest absolute Gasteiger partial charge is 0.325 e. The zero-order chi connectivity index (χ0) is 23.0. The van der Waals surface area contributed by atoms with Crippen molar-refractivity contribution in [3.05, 3.63) is 63.9 Å². The molecule has 0 bridgehead atoms. The molecule has 164 valence electrons. The van der Waals surface area contributed by atoms with E-state index in [1.807, 2.05) is 32.0 Å². The van der Waals surface area contributed by atoms with Gasteiger partial charge in [-0.2, -0.15) is 0 Å². The van der Waals surface area contributed by atoms with E-state index in [4.69, 9.17) is 0 Å². The predicted molar refractivity (Wildman–Crippen MR) is 124 cm³/mol. The van der Waals surface area contributed by atoms with Crippen LogP contribution in [0.15, 0.2) is 52.4 Å². The summed E-state index contributed by atoms with van der Waals surface area (Å²) in [6, 6.07) is 12.2. The average molecular weight is 451 g/mol. The van der Waals surface area contributed by atoms with Crippen molar-refractivity contribution in [3.63, 3.8) is 0 Å². The Morgan fingerprint density at radius 3 is 2.59 bits per heavy atom. The number of carbonyl (C=O) groups is 2. The molecule has 9 nitrogen and oxygen atoms in total. The molecule has 0 aliphatic rings. The number of nitrogens with zero attached hydrogens (tertiary/aromatic N) is 4. The van der Waals surface area contributed by atoms with Gasteiger partial charge >= 0.3 is 6.03 Å². The minimum atomic E-state index is -0.636. The van der Waals surface area contributed by atoms with Crippen LogP contribution in [0.2, 0.25) is 0 Å². The van der Waals surface area contributed by atoms with Gasteiger partial charge in [0.05, 0.1) is 16.2 Å². The number of benzene rings is 2. The normalized spacial score (nSPS) is 12.1. The van der Waals surface area contributed by atoms with Gasteiger partial charge in [-0.15, -0.1) is 10.2 Å². The molecule has 1 unspecified atom stereocenters. The summed E-state index contributed by atoms with van der Waals surface area (Å²) in [7, 11) is 1.63. The van der Waals surface area contributed by atoms with Crippen molar-refractivity contribution in [2.24, 2.45) is 7.05 Å². The van der Waals surface area contributed by atoms with E-state index >= 15 is 0 Å². The fraction of sp³-hybridized carbons (Fsp3) is 0.227. The lowest BCUT2D eigenvalue weighted by Crippen LogP contribution is -2.39. The van der Waals surface area contributed by atoms with Crippen LogP contribution >= 0.6 is 11.8 Å². The highest BCUT2D eigenvalue weighted by Gasteiger charge is 2.22. The molecule has 32 heavy (non-hydrogen) atoms. The molecule has 4 aromatic rings. The number of carbonyl (C=O) groups excluding carboxylic acids is 2. The average Bonchev–Trinajstić information content (AvgIpc) is 3.17. The van der Waals surface area contributed by atoms with Crippen molar-refractivity contribution < 1.29 is 9.59 Å². The van der Waals surface area contributed by atoms with Gasteiger partial charge in [0.25, 0.3) is 5.56 Å². The number of rotatable bonds is 4. The van der Waals surface area contributed by atoms with Crippen molar-refractivity contribution in [2.45, 2.75) is 31.2 Å². The van der Waals surface area contributed by atoms with Crippen LogP contribution in [0.3, 0.4) is 0 Å². The first-order valence-corrected chi connectivity index (χ1v) is 10.8. The Balaban J connectivity index is 1.54. The second-order valence-electron chi connectivity index (χ2n) is 7.52. The Morgan fingerprint density at radius 2 is 1.84 bits per heavy atom. The number of hydrogen-bond acceptors (Lipinski definition) is 6. The lowest BCUT2D eigenvalue weighted by molar-refractivity contribution is -0.119. The molecule has 0 radical (unpaired) electrons. The number of thioether (sulfide) groups is 1. The van der Waals surface area contributed by atoms with E-state index in [1.54, 1.807) is 42.6 Å². The van der Waals surface area contributed by atoms with Crippen molar-refractivity contribution >= 4 is 46.1 Å². The van der Waals surface area contributed by atoms with Crippen LogP contribution < -0.4 is 16.2 Å². The number of fused-ring (bicyclic) bond motifs is 3. The minimum absolute atomic E-state index is 0.175. The maximum Gasteiger partial charge on any atom is 0.325 e. The van der Waals surface area contributed by atoms with Crippen molar-refractivity contribution in [1.29, 1.82) is 0 Å². The van der Waals surface area contributed by atoms with Crippen LogP contribution in [0.5, 0.6) is 0 Å². The molecule has 0 fully saturated rings. The number of nitrogens with one attached hydrogen (secondary N) is 2. The Morgan fingerprint density at radius 1 is 1.09 bits per heavy atom. The Bertz CT molecular complexity index is 1420. The second kappa shape index (κ2) is 8.46. The summed E-state index contributed by atoms with van der Waals surface area (Å²) in [5.74, 6) is -0.0977. The van der Waals surface area contributed by atoms with Gasteiger partial charge < -0.3 is 5.32 Å². The van der Waals surface area contributed by atoms with E-state index in [9.17, 15) is 14.4 Å². The third-order valence-corrected chi connectivity index (χ3v) is 6.16. The van der Waals surface area contributed by atoms with Crippen molar-refractivity contribution in [1.82, 2.24) is 24.5 Å². The van der Waals surface area contributed by atoms with Crippen LogP contribution in [0, 0.1) is 13.8 Å². The van der Waals surface area contributed by atoms with E-state index in [0.717, 1.165) is 22.9 Å². The first-order valence-electron chi connectivity index (χ1n) is 9.95. The fourth-order valence-corrected chi connectivity index (χ4v) is 4.28. The molecule has 0 saturated carbocycles. The quantitative estimate of drug-likeness (QED) is 0.463. The molecule has 0 spiro atoms. The van der Waals surface area contributed by atoms with Gasteiger partial charge in [0, 0.05) is 12.7 Å². The fourth-order valence-electron chi connectivity index (χ4n) is 3.42. The molecule has 10 heteroatoms. The van der Waals surface area contributed by atoms with Crippen LogP contribution in [0.1, 0.15) is 18.1 Å². The first kappa shape index (κ1) is 21.6. The smallest absolute Gasteiger partial charge is 0.307 e. The number of urea groups is 1. The molecule has 0 aliphatic heterocycles. The van der Waals surface area contributed by atoms with E-state index in [0.29, 0.717) is 27.5 Å². The van der Waals surface area contributed by atoms with Gasteiger partial charge in [0.1, 0.15) is 0 Å². The molecular weight excluding hydrogens is 428 g/mol. The summed E-state index contributed by atoms with van der Waals surface area (Å²) in [4.78, 5) is 37.5. The number of para-hydroxylation sites is 1. The molecule has 2 aromatic carbocycles. The summed E-state index contributed by atoms with van der Waals surface area (Å²) >= 11 is 1.15. The molecule has 2 N–H and O–H groups in total. The maximum atomic E-state index is 12.6. The molecule has 4 rings (SSSR count). The number of aromatic nitrogens is 4. The number of hydrogen-bond donors (Lipinski definition) is 2. The van der Waals surface area contributed by atoms with Gasteiger partial charge in [-0.1, -0.05) is 41.6 Å². The highest BCUT2D eigenvalue weighted by Crippen LogP contribution is 2.25. The first-order chi connectivity index (χ1) is 15.3. The number of amides is 3. The Hall–Kier alpha value is -3.66. The molecule has 1 atom stereocenters. The summed E-state index contributed by atoms with van der Waals surface area (Å²) in [5.41, 5.74) is 3.10. The molecule has 3 amide bonds. The SMILES string of the molecule is Cc1ccc(NC(=O)NC(=O)C(C)Sc2nnc3n(C)c(=O)c4ccccc4n23)c(C)c1. The number of aryl methyl sites for hydroxylation is 3. The highest BCUT2D eigenvalue weighted by atomic mass is 32.2. The van der Waals surface area contributed by atoms with Crippen LogP contribution in [0.25, 0.3) is 16.7 Å². The van der Waals surface area contributed by atoms with Crippen LogP contribution in [0.4, 0.5) is 10.5 Å². The van der Waals surface area contributed by atoms with Gasteiger partial charge in [-0.25, -0.2) is 4.79 Å². The molecular formula is C22H22N6O3S. The lowest BCUT2D eigenvalue weighted by atomic mass is 10.1. The van der Waals surface area contributed by atoms with Gasteiger partial charge in [0.2, 0.25) is 11.7 Å². The zero-order valence-electron chi connectivity index (χ0n) is 18.0. The van der Waals surface area contributed by atoms with E-state index in [2.05, 4.69) is 20.8 Å². The third kappa shape index (κ3) is 3.96. The van der Waals surface area contributed by atoms with Gasteiger partial charge in [-0.3, -0.25) is 23.9 Å². The monoisotopic (exact) mass is 450 g/mol. The van der Waals surface area contributed by atoms with Crippen LogP contribution in [-0.4, -0.2) is 36.4 Å². The zero-order valence-corrected chi connectivity index (χ0v) is 18.9. The maximum absolute atomic E-state index is 12.6. The predicted octanol–water partition coefficient (Wildman–Crippen LogP) is 3.03. The molecule has 2 heterocycles. The van der Waals surface area contributed by atoms with E-state index in [1.165, 1.54) is 4.57 Å². The number of imide groups is 1. The summed E-state index contributed by atoms with van der Waals surface area (Å²) in [6.45, 7) is 5.53. The second-order valence-corrected chi connectivity index (χ2v) is 8.83. The summed E-state index contributed by atoms with van der Waals surface area (Å²) in [6.07, 6.45) is 0.